The summed E-state index contributed by atoms with van der Waals surface area (Å²) < 4.78 is 0. The average Bonchev–Trinajstić information content (AvgIpc) is 2.48. The number of aromatic nitrogens is 1. The molecule has 0 aliphatic rings. The van der Waals surface area contributed by atoms with Gasteiger partial charge in [-0.25, -0.2) is 0 Å². The van der Waals surface area contributed by atoms with Gasteiger partial charge >= 0.3 is 0 Å². The number of hydrogen-bond donors (Lipinski definition) is 2. The van der Waals surface area contributed by atoms with Gasteiger partial charge in [0.1, 0.15) is 0 Å². The summed E-state index contributed by atoms with van der Waals surface area (Å²) in [5, 5.41) is 2.89. The molecular formula is C11H18N2O. The Hall–Kier alpha value is -1.25. The molecule has 1 amide bonds. The van der Waals surface area contributed by atoms with Crippen LogP contribution in [0.1, 0.15) is 25.1 Å². The molecule has 1 heterocycles. The van der Waals surface area contributed by atoms with Crippen molar-refractivity contribution in [2.75, 3.05) is 6.54 Å². The summed E-state index contributed by atoms with van der Waals surface area (Å²) >= 11 is 0. The van der Waals surface area contributed by atoms with E-state index in [9.17, 15) is 4.79 Å². The van der Waals surface area contributed by atoms with E-state index in [2.05, 4.69) is 24.1 Å². The first-order valence-corrected chi connectivity index (χ1v) is 4.98. The summed E-state index contributed by atoms with van der Waals surface area (Å²) in [7, 11) is 0. The van der Waals surface area contributed by atoms with Crippen molar-refractivity contribution < 1.29 is 4.79 Å². The Kier molecular flexibility index (Phi) is 3.74. The maximum absolute atomic E-state index is 11.4. The van der Waals surface area contributed by atoms with E-state index in [0.717, 1.165) is 17.8 Å². The molecule has 3 nitrogen and oxygen atoms in total. The Morgan fingerprint density at radius 2 is 2.29 bits per heavy atom. The van der Waals surface area contributed by atoms with Gasteiger partial charge in [-0.15, -0.1) is 0 Å². The first-order chi connectivity index (χ1) is 6.58. The SMILES string of the molecule is Cc1cc(CC(=O)NCC(C)C)c[nH]1. The lowest BCUT2D eigenvalue weighted by molar-refractivity contribution is -0.120. The molecule has 0 saturated heterocycles. The third-order valence-corrected chi connectivity index (χ3v) is 1.96. The Balaban J connectivity index is 2.34. The maximum Gasteiger partial charge on any atom is 0.224 e. The zero-order chi connectivity index (χ0) is 10.6. The number of aromatic amines is 1. The van der Waals surface area contributed by atoms with Crippen molar-refractivity contribution in [2.45, 2.75) is 27.2 Å². The van der Waals surface area contributed by atoms with E-state index >= 15 is 0 Å². The van der Waals surface area contributed by atoms with Crippen LogP contribution in [0.3, 0.4) is 0 Å². The zero-order valence-corrected chi connectivity index (χ0v) is 9.05. The van der Waals surface area contributed by atoms with E-state index < -0.39 is 0 Å². The van der Waals surface area contributed by atoms with Gasteiger partial charge in [0.25, 0.3) is 0 Å². The molecule has 2 N–H and O–H groups in total. The standard InChI is InChI=1S/C11H18N2O/c1-8(2)6-13-11(14)5-10-4-9(3)12-7-10/h4,7-8,12H,5-6H2,1-3H3,(H,13,14). The summed E-state index contributed by atoms with van der Waals surface area (Å²) in [4.78, 5) is 14.5. The summed E-state index contributed by atoms with van der Waals surface area (Å²) in [6.45, 7) is 6.90. The monoisotopic (exact) mass is 194 g/mol. The number of nitrogens with one attached hydrogen (secondary N) is 2. The van der Waals surface area contributed by atoms with Crippen LogP contribution in [0.5, 0.6) is 0 Å². The van der Waals surface area contributed by atoms with Gasteiger partial charge in [-0.3, -0.25) is 4.79 Å². The average molecular weight is 194 g/mol. The van der Waals surface area contributed by atoms with Gasteiger partial charge in [-0.05, 0) is 24.5 Å². The van der Waals surface area contributed by atoms with Crippen LogP contribution in [0.2, 0.25) is 0 Å². The third kappa shape index (κ3) is 3.64. The van der Waals surface area contributed by atoms with Crippen molar-refractivity contribution in [2.24, 2.45) is 5.92 Å². The van der Waals surface area contributed by atoms with Crippen LogP contribution in [0.15, 0.2) is 12.3 Å². The fourth-order valence-corrected chi connectivity index (χ4v) is 1.24. The lowest BCUT2D eigenvalue weighted by Crippen LogP contribution is -2.28. The predicted octanol–water partition coefficient (Wildman–Crippen LogP) is 1.64. The number of carbonyl (C=O) groups is 1. The lowest BCUT2D eigenvalue weighted by Gasteiger charge is -2.06. The van der Waals surface area contributed by atoms with Crippen LogP contribution in [0.4, 0.5) is 0 Å². The van der Waals surface area contributed by atoms with Gasteiger partial charge in [-0.2, -0.15) is 0 Å². The second-order valence-electron chi connectivity index (χ2n) is 4.07. The summed E-state index contributed by atoms with van der Waals surface area (Å²) in [6, 6.07) is 1.99. The molecule has 0 radical (unpaired) electrons. The number of amides is 1. The summed E-state index contributed by atoms with van der Waals surface area (Å²) in [5.74, 6) is 0.601. The first-order valence-electron chi connectivity index (χ1n) is 4.98. The van der Waals surface area contributed by atoms with Crippen LogP contribution in [-0.4, -0.2) is 17.4 Å². The highest BCUT2D eigenvalue weighted by molar-refractivity contribution is 5.78. The Morgan fingerprint density at radius 3 is 2.79 bits per heavy atom. The largest absolute Gasteiger partial charge is 0.365 e. The Bertz CT molecular complexity index is 302. The van der Waals surface area contributed by atoms with Crippen molar-refractivity contribution in [3.05, 3.63) is 23.5 Å². The molecule has 0 spiro atoms. The Labute approximate surface area is 84.9 Å². The van der Waals surface area contributed by atoms with E-state index in [1.807, 2.05) is 19.2 Å². The molecule has 14 heavy (non-hydrogen) atoms. The van der Waals surface area contributed by atoms with Crippen molar-refractivity contribution in [3.8, 4) is 0 Å². The molecule has 0 fully saturated rings. The van der Waals surface area contributed by atoms with E-state index in [-0.39, 0.29) is 5.91 Å². The molecule has 3 heteroatoms. The molecule has 78 valence electrons. The normalized spacial score (nSPS) is 10.6. The molecule has 1 rings (SSSR count). The number of carbonyl (C=O) groups excluding carboxylic acids is 1. The molecule has 1 aromatic heterocycles. The van der Waals surface area contributed by atoms with Crippen molar-refractivity contribution in [3.63, 3.8) is 0 Å². The molecular weight excluding hydrogens is 176 g/mol. The topological polar surface area (TPSA) is 44.9 Å². The molecule has 0 aliphatic carbocycles. The molecule has 1 aromatic rings. The molecule has 0 aliphatic heterocycles. The third-order valence-electron chi connectivity index (χ3n) is 1.96. The summed E-state index contributed by atoms with van der Waals surface area (Å²) in [5.41, 5.74) is 2.14. The van der Waals surface area contributed by atoms with E-state index in [4.69, 9.17) is 0 Å². The zero-order valence-electron chi connectivity index (χ0n) is 9.05. The minimum absolute atomic E-state index is 0.0951. The highest BCUT2D eigenvalue weighted by atomic mass is 16.1. The second kappa shape index (κ2) is 4.84. The predicted molar refractivity (Wildman–Crippen MR) is 57.1 cm³/mol. The van der Waals surface area contributed by atoms with E-state index in [1.165, 1.54) is 0 Å². The number of rotatable bonds is 4. The number of hydrogen-bond acceptors (Lipinski definition) is 1. The van der Waals surface area contributed by atoms with Crippen molar-refractivity contribution >= 4 is 5.91 Å². The first kappa shape index (κ1) is 10.8. The van der Waals surface area contributed by atoms with Crippen LogP contribution in [0, 0.1) is 12.8 Å². The Morgan fingerprint density at radius 1 is 1.57 bits per heavy atom. The lowest BCUT2D eigenvalue weighted by atomic mass is 10.2. The fourth-order valence-electron chi connectivity index (χ4n) is 1.24. The highest BCUT2D eigenvalue weighted by Crippen LogP contribution is 2.02. The minimum atomic E-state index is 0.0951. The maximum atomic E-state index is 11.4. The van der Waals surface area contributed by atoms with Gasteiger partial charge in [0, 0.05) is 18.4 Å². The minimum Gasteiger partial charge on any atom is -0.365 e. The van der Waals surface area contributed by atoms with Crippen LogP contribution in [0.25, 0.3) is 0 Å². The van der Waals surface area contributed by atoms with Gasteiger partial charge in [0.05, 0.1) is 6.42 Å². The molecule has 0 saturated carbocycles. The molecule has 0 unspecified atom stereocenters. The number of H-pyrrole nitrogens is 1. The summed E-state index contributed by atoms with van der Waals surface area (Å²) in [6.07, 6.45) is 2.35. The van der Waals surface area contributed by atoms with Gasteiger partial charge in [0.15, 0.2) is 0 Å². The molecule has 0 bridgehead atoms. The fraction of sp³-hybridized carbons (Fsp3) is 0.545. The van der Waals surface area contributed by atoms with Crippen LogP contribution < -0.4 is 5.32 Å². The van der Waals surface area contributed by atoms with E-state index in [0.29, 0.717) is 12.3 Å². The van der Waals surface area contributed by atoms with E-state index in [1.54, 1.807) is 0 Å². The van der Waals surface area contributed by atoms with Gasteiger partial charge in [0.2, 0.25) is 5.91 Å². The van der Waals surface area contributed by atoms with Crippen LogP contribution >= 0.6 is 0 Å². The van der Waals surface area contributed by atoms with Crippen molar-refractivity contribution in [1.29, 1.82) is 0 Å². The quantitative estimate of drug-likeness (QED) is 0.752. The van der Waals surface area contributed by atoms with Gasteiger partial charge < -0.3 is 10.3 Å². The molecule has 0 aromatic carbocycles. The second-order valence-corrected chi connectivity index (χ2v) is 4.07. The smallest absolute Gasteiger partial charge is 0.224 e. The van der Waals surface area contributed by atoms with Gasteiger partial charge in [-0.1, -0.05) is 13.8 Å². The van der Waals surface area contributed by atoms with Crippen molar-refractivity contribution in [1.82, 2.24) is 10.3 Å². The highest BCUT2D eigenvalue weighted by Gasteiger charge is 2.04. The number of aryl methyl sites for hydroxylation is 1. The molecule has 0 atom stereocenters. The van der Waals surface area contributed by atoms with Crippen LogP contribution in [-0.2, 0) is 11.2 Å².